The molecule has 0 aliphatic carbocycles. The van der Waals surface area contributed by atoms with Crippen molar-refractivity contribution in [1.29, 1.82) is 0 Å². The van der Waals surface area contributed by atoms with E-state index < -0.39 is 0 Å². The van der Waals surface area contributed by atoms with Crippen LogP contribution in [-0.4, -0.2) is 23.9 Å². The number of carbonyl (C=O) groups is 1. The Morgan fingerprint density at radius 2 is 1.79 bits per heavy atom. The van der Waals surface area contributed by atoms with Crippen molar-refractivity contribution in [2.24, 2.45) is 11.8 Å². The van der Waals surface area contributed by atoms with Gasteiger partial charge in [0.25, 0.3) is 5.91 Å². The number of hydrogen-bond acceptors (Lipinski definition) is 3. The zero-order valence-electron chi connectivity index (χ0n) is 14.5. The molecule has 2 heterocycles. The van der Waals surface area contributed by atoms with Gasteiger partial charge >= 0.3 is 0 Å². The van der Waals surface area contributed by atoms with Gasteiger partial charge in [0.2, 0.25) is 0 Å². The molecule has 0 radical (unpaired) electrons. The first-order valence-electron chi connectivity index (χ1n) is 8.72. The van der Waals surface area contributed by atoms with Gasteiger partial charge in [0.15, 0.2) is 5.76 Å². The molecule has 1 aliphatic heterocycles. The Labute approximate surface area is 143 Å². The van der Waals surface area contributed by atoms with Crippen LogP contribution < -0.4 is 5.32 Å². The van der Waals surface area contributed by atoms with E-state index in [9.17, 15) is 4.79 Å². The number of amides is 1. The first-order chi connectivity index (χ1) is 11.6. The van der Waals surface area contributed by atoms with E-state index in [2.05, 4.69) is 48.3 Å². The van der Waals surface area contributed by atoms with Gasteiger partial charge in [-0.1, -0.05) is 38.1 Å². The average molecular weight is 326 g/mol. The van der Waals surface area contributed by atoms with Crippen LogP contribution in [-0.2, 0) is 13.1 Å². The molecule has 1 aliphatic rings. The molecule has 24 heavy (non-hydrogen) atoms. The second kappa shape index (κ2) is 7.67. The molecule has 1 N–H and O–H groups in total. The Bertz CT molecular complexity index is 639. The molecule has 4 heteroatoms. The van der Waals surface area contributed by atoms with Crippen LogP contribution in [0, 0.1) is 11.8 Å². The molecule has 3 rings (SSSR count). The third kappa shape index (κ3) is 4.48. The second-order valence-electron chi connectivity index (χ2n) is 7.12. The van der Waals surface area contributed by atoms with E-state index in [-0.39, 0.29) is 5.91 Å². The maximum atomic E-state index is 11.9. The summed E-state index contributed by atoms with van der Waals surface area (Å²) in [5.41, 5.74) is 2.43. The summed E-state index contributed by atoms with van der Waals surface area (Å²) in [4.78, 5) is 14.4. The maximum absolute atomic E-state index is 11.9. The zero-order chi connectivity index (χ0) is 16.9. The van der Waals surface area contributed by atoms with E-state index in [0.717, 1.165) is 23.9 Å². The number of rotatable bonds is 5. The van der Waals surface area contributed by atoms with Gasteiger partial charge in [0, 0.05) is 26.2 Å². The fourth-order valence-corrected chi connectivity index (χ4v) is 3.62. The quantitative estimate of drug-likeness (QED) is 0.911. The van der Waals surface area contributed by atoms with Crippen LogP contribution in [0.15, 0.2) is 47.1 Å². The molecule has 128 valence electrons. The predicted octanol–water partition coefficient (Wildman–Crippen LogP) is 3.69. The third-order valence-corrected chi connectivity index (χ3v) is 4.57. The molecule has 2 aromatic rings. The van der Waals surface area contributed by atoms with Gasteiger partial charge in [-0.05, 0) is 41.5 Å². The van der Waals surface area contributed by atoms with Crippen molar-refractivity contribution in [3.63, 3.8) is 0 Å². The summed E-state index contributed by atoms with van der Waals surface area (Å²) in [5.74, 6) is 1.73. The average Bonchev–Trinajstić information content (AvgIpc) is 3.07. The summed E-state index contributed by atoms with van der Waals surface area (Å²) in [5, 5.41) is 2.87. The molecule has 0 bridgehead atoms. The van der Waals surface area contributed by atoms with Gasteiger partial charge in [-0.25, -0.2) is 0 Å². The highest BCUT2D eigenvalue weighted by atomic mass is 16.3. The van der Waals surface area contributed by atoms with Crippen LogP contribution in [0.1, 0.15) is 41.9 Å². The Morgan fingerprint density at radius 3 is 2.42 bits per heavy atom. The molecular weight excluding hydrogens is 300 g/mol. The van der Waals surface area contributed by atoms with Crippen LogP contribution >= 0.6 is 0 Å². The third-order valence-electron chi connectivity index (χ3n) is 4.57. The van der Waals surface area contributed by atoms with Crippen molar-refractivity contribution in [1.82, 2.24) is 10.2 Å². The van der Waals surface area contributed by atoms with Gasteiger partial charge in [0.05, 0.1) is 6.26 Å². The number of carbonyl (C=O) groups excluding carboxylic acids is 1. The lowest BCUT2D eigenvalue weighted by atomic mass is 9.91. The number of hydrogen-bond donors (Lipinski definition) is 1. The molecule has 0 unspecified atom stereocenters. The normalized spacial score (nSPS) is 21.6. The molecule has 1 fully saturated rings. The van der Waals surface area contributed by atoms with Crippen LogP contribution in [0.5, 0.6) is 0 Å². The van der Waals surface area contributed by atoms with Crippen LogP contribution in [0.2, 0.25) is 0 Å². The molecule has 0 spiro atoms. The minimum atomic E-state index is -0.180. The summed E-state index contributed by atoms with van der Waals surface area (Å²) in [6, 6.07) is 11.9. The van der Waals surface area contributed by atoms with Gasteiger partial charge < -0.3 is 9.73 Å². The Hall–Kier alpha value is -2.07. The van der Waals surface area contributed by atoms with E-state index in [1.54, 1.807) is 12.1 Å². The van der Waals surface area contributed by atoms with Crippen molar-refractivity contribution in [3.05, 3.63) is 59.5 Å². The molecule has 1 amide bonds. The second-order valence-corrected chi connectivity index (χ2v) is 7.12. The van der Waals surface area contributed by atoms with Gasteiger partial charge in [-0.15, -0.1) is 0 Å². The van der Waals surface area contributed by atoms with Crippen molar-refractivity contribution in [2.75, 3.05) is 13.1 Å². The van der Waals surface area contributed by atoms with Gasteiger partial charge in [0.1, 0.15) is 0 Å². The van der Waals surface area contributed by atoms with Crippen LogP contribution in [0.4, 0.5) is 0 Å². The number of benzene rings is 1. The Morgan fingerprint density at radius 1 is 1.12 bits per heavy atom. The topological polar surface area (TPSA) is 45.5 Å². The molecule has 1 aromatic carbocycles. The predicted molar refractivity (Wildman–Crippen MR) is 94.5 cm³/mol. The van der Waals surface area contributed by atoms with Crippen molar-refractivity contribution in [2.45, 2.75) is 33.4 Å². The number of likely N-dealkylation sites (tertiary alicyclic amines) is 1. The summed E-state index contributed by atoms with van der Waals surface area (Å²) in [6.07, 6.45) is 2.84. The number of furan rings is 1. The highest BCUT2D eigenvalue weighted by Crippen LogP contribution is 2.22. The monoisotopic (exact) mass is 326 g/mol. The summed E-state index contributed by atoms with van der Waals surface area (Å²) in [7, 11) is 0. The molecule has 2 atom stereocenters. The summed E-state index contributed by atoms with van der Waals surface area (Å²) >= 11 is 0. The maximum Gasteiger partial charge on any atom is 0.287 e. The SMILES string of the molecule is C[C@@H]1C[C@@H](C)CN(Cc2ccc(CNC(=O)c3ccco3)cc2)C1. The first kappa shape index (κ1) is 16.8. The lowest BCUT2D eigenvalue weighted by molar-refractivity contribution is 0.0923. The lowest BCUT2D eigenvalue weighted by Crippen LogP contribution is -2.38. The van der Waals surface area contributed by atoms with E-state index >= 15 is 0 Å². The van der Waals surface area contributed by atoms with E-state index in [4.69, 9.17) is 4.42 Å². The molecular formula is C20H26N2O2. The largest absolute Gasteiger partial charge is 0.459 e. The number of nitrogens with zero attached hydrogens (tertiary/aromatic N) is 1. The summed E-state index contributed by atoms with van der Waals surface area (Å²) < 4.78 is 5.09. The standard InChI is InChI=1S/C20H26N2O2/c1-15-10-16(2)13-22(12-15)14-18-7-5-17(6-8-18)11-21-20(23)19-4-3-9-24-19/h3-9,15-16H,10-14H2,1-2H3,(H,21,23)/t15-,16-/m1/s1. The fourth-order valence-electron chi connectivity index (χ4n) is 3.62. The number of nitrogens with one attached hydrogen (secondary N) is 1. The van der Waals surface area contributed by atoms with Gasteiger partial charge in [-0.2, -0.15) is 0 Å². The van der Waals surface area contributed by atoms with E-state index in [0.29, 0.717) is 12.3 Å². The summed E-state index contributed by atoms with van der Waals surface area (Å²) in [6.45, 7) is 8.57. The van der Waals surface area contributed by atoms with Crippen molar-refractivity contribution >= 4 is 5.91 Å². The molecule has 1 saturated heterocycles. The highest BCUT2D eigenvalue weighted by Gasteiger charge is 2.21. The minimum absolute atomic E-state index is 0.180. The van der Waals surface area contributed by atoms with Crippen LogP contribution in [0.25, 0.3) is 0 Å². The Kier molecular flexibility index (Phi) is 5.36. The molecule has 0 saturated carbocycles. The van der Waals surface area contributed by atoms with E-state index in [1.807, 2.05) is 0 Å². The molecule has 1 aromatic heterocycles. The lowest BCUT2D eigenvalue weighted by Gasteiger charge is -2.35. The van der Waals surface area contributed by atoms with Crippen molar-refractivity contribution < 1.29 is 9.21 Å². The Balaban J connectivity index is 1.51. The van der Waals surface area contributed by atoms with Crippen molar-refractivity contribution in [3.8, 4) is 0 Å². The van der Waals surface area contributed by atoms with Gasteiger partial charge in [-0.3, -0.25) is 9.69 Å². The first-order valence-corrected chi connectivity index (χ1v) is 8.72. The fraction of sp³-hybridized carbons (Fsp3) is 0.450. The van der Waals surface area contributed by atoms with Crippen LogP contribution in [0.3, 0.4) is 0 Å². The van der Waals surface area contributed by atoms with E-state index in [1.165, 1.54) is 31.3 Å². The highest BCUT2D eigenvalue weighted by molar-refractivity contribution is 5.91. The smallest absolute Gasteiger partial charge is 0.287 e. The number of piperidine rings is 1. The molecule has 4 nitrogen and oxygen atoms in total. The zero-order valence-corrected chi connectivity index (χ0v) is 14.5. The minimum Gasteiger partial charge on any atom is -0.459 e.